The summed E-state index contributed by atoms with van der Waals surface area (Å²) >= 11 is 3.18. The Balaban J connectivity index is 2.07. The van der Waals surface area contributed by atoms with Gasteiger partial charge in [-0.1, -0.05) is 6.07 Å². The van der Waals surface area contributed by atoms with Gasteiger partial charge in [0.25, 0.3) is 0 Å². The minimum absolute atomic E-state index is 0.00236. The summed E-state index contributed by atoms with van der Waals surface area (Å²) in [6, 6.07) is 5.26. The number of hydrogen-bond acceptors (Lipinski definition) is 2. The third kappa shape index (κ3) is 4.01. The van der Waals surface area contributed by atoms with Crippen LogP contribution in [0.5, 0.6) is 0 Å². The highest BCUT2D eigenvalue weighted by molar-refractivity contribution is 9.10. The Hall–Kier alpha value is -0.450. The van der Waals surface area contributed by atoms with E-state index in [4.69, 9.17) is 4.74 Å². The van der Waals surface area contributed by atoms with Crippen molar-refractivity contribution < 1.29 is 9.13 Å². The van der Waals surface area contributed by atoms with Crippen molar-refractivity contribution in [2.24, 2.45) is 5.92 Å². The standard InChI is InChI=1S/C15H21BrFNO/c1-15(2,3)18-9-11-6-7-19-14(11)10-4-5-12(16)13(17)8-10/h4-5,8,11,14,18H,6-7,9H2,1-3H3. The molecule has 2 atom stereocenters. The molecule has 19 heavy (non-hydrogen) atoms. The molecule has 2 rings (SSSR count). The zero-order chi connectivity index (χ0) is 14.0. The van der Waals surface area contributed by atoms with Gasteiger partial charge in [0.2, 0.25) is 0 Å². The fourth-order valence-corrected chi connectivity index (χ4v) is 2.58. The zero-order valence-corrected chi connectivity index (χ0v) is 13.3. The van der Waals surface area contributed by atoms with Gasteiger partial charge in [-0.15, -0.1) is 0 Å². The average molecular weight is 330 g/mol. The van der Waals surface area contributed by atoms with E-state index in [2.05, 4.69) is 42.0 Å². The van der Waals surface area contributed by atoms with Crippen LogP contribution in [-0.2, 0) is 4.74 Å². The predicted molar refractivity (Wildman–Crippen MR) is 78.7 cm³/mol. The lowest BCUT2D eigenvalue weighted by atomic mass is 9.94. The molecule has 1 aromatic rings. The smallest absolute Gasteiger partial charge is 0.137 e. The Kier molecular flexibility index (Phi) is 4.64. The molecule has 1 aliphatic rings. The minimum Gasteiger partial charge on any atom is -0.373 e. The van der Waals surface area contributed by atoms with E-state index < -0.39 is 0 Å². The van der Waals surface area contributed by atoms with Gasteiger partial charge >= 0.3 is 0 Å². The van der Waals surface area contributed by atoms with Crippen LogP contribution in [-0.4, -0.2) is 18.7 Å². The Bertz CT molecular complexity index is 444. The van der Waals surface area contributed by atoms with Crippen molar-refractivity contribution in [3.8, 4) is 0 Å². The van der Waals surface area contributed by atoms with Crippen molar-refractivity contribution in [1.82, 2.24) is 5.32 Å². The first-order valence-corrected chi connectivity index (χ1v) is 7.48. The van der Waals surface area contributed by atoms with Gasteiger partial charge in [-0.05, 0) is 60.8 Å². The summed E-state index contributed by atoms with van der Waals surface area (Å²) in [6.45, 7) is 8.09. The van der Waals surface area contributed by atoms with Crippen LogP contribution >= 0.6 is 15.9 Å². The first kappa shape index (κ1) is 14.9. The first-order valence-electron chi connectivity index (χ1n) is 6.68. The molecule has 0 saturated carbocycles. The van der Waals surface area contributed by atoms with Crippen molar-refractivity contribution in [1.29, 1.82) is 0 Å². The molecule has 1 N–H and O–H groups in total. The maximum absolute atomic E-state index is 13.6. The van der Waals surface area contributed by atoms with Crippen LogP contribution in [0, 0.1) is 11.7 Å². The summed E-state index contributed by atoms with van der Waals surface area (Å²) in [5.41, 5.74) is 1.02. The molecule has 0 radical (unpaired) electrons. The summed E-state index contributed by atoms with van der Waals surface area (Å²) in [4.78, 5) is 0. The quantitative estimate of drug-likeness (QED) is 0.903. The number of rotatable bonds is 3. The second-order valence-corrected chi connectivity index (χ2v) is 7.00. The molecule has 0 spiro atoms. The van der Waals surface area contributed by atoms with Crippen LogP contribution in [0.1, 0.15) is 38.9 Å². The van der Waals surface area contributed by atoms with Crippen LogP contribution < -0.4 is 5.32 Å². The molecule has 4 heteroatoms. The van der Waals surface area contributed by atoms with E-state index in [9.17, 15) is 4.39 Å². The Morgan fingerprint density at radius 2 is 2.16 bits per heavy atom. The molecule has 2 unspecified atom stereocenters. The SMILES string of the molecule is CC(C)(C)NCC1CCOC1c1ccc(Br)c(F)c1. The fraction of sp³-hybridized carbons (Fsp3) is 0.600. The van der Waals surface area contributed by atoms with Crippen molar-refractivity contribution in [3.05, 3.63) is 34.1 Å². The highest BCUT2D eigenvalue weighted by Crippen LogP contribution is 2.35. The van der Waals surface area contributed by atoms with Gasteiger partial charge in [0.05, 0.1) is 10.6 Å². The predicted octanol–water partition coefficient (Wildman–Crippen LogP) is 4.05. The zero-order valence-electron chi connectivity index (χ0n) is 11.7. The van der Waals surface area contributed by atoms with Crippen LogP contribution in [0.4, 0.5) is 4.39 Å². The van der Waals surface area contributed by atoms with E-state index in [0.717, 1.165) is 25.1 Å². The van der Waals surface area contributed by atoms with E-state index in [0.29, 0.717) is 10.4 Å². The fourth-order valence-electron chi connectivity index (χ4n) is 2.34. The van der Waals surface area contributed by atoms with Crippen LogP contribution in [0.2, 0.25) is 0 Å². The summed E-state index contributed by atoms with van der Waals surface area (Å²) in [6.07, 6.45) is 1.02. The molecule has 0 aromatic heterocycles. The highest BCUT2D eigenvalue weighted by atomic mass is 79.9. The molecule has 0 aliphatic carbocycles. The molecular weight excluding hydrogens is 309 g/mol. The van der Waals surface area contributed by atoms with E-state index in [1.807, 2.05) is 6.07 Å². The Morgan fingerprint density at radius 3 is 2.79 bits per heavy atom. The van der Waals surface area contributed by atoms with Gasteiger partial charge in [-0.25, -0.2) is 4.39 Å². The maximum Gasteiger partial charge on any atom is 0.137 e. The number of ether oxygens (including phenoxy) is 1. The summed E-state index contributed by atoms with van der Waals surface area (Å²) in [5, 5.41) is 3.51. The number of halogens is 2. The third-order valence-corrected chi connectivity index (χ3v) is 4.02. The first-order chi connectivity index (χ1) is 8.87. The minimum atomic E-state index is -0.226. The van der Waals surface area contributed by atoms with Crippen molar-refractivity contribution >= 4 is 15.9 Å². The van der Waals surface area contributed by atoms with Crippen molar-refractivity contribution in [2.45, 2.75) is 38.8 Å². The second kappa shape index (κ2) is 5.90. The number of hydrogen-bond donors (Lipinski definition) is 1. The largest absolute Gasteiger partial charge is 0.373 e. The topological polar surface area (TPSA) is 21.3 Å². The highest BCUT2D eigenvalue weighted by Gasteiger charge is 2.30. The average Bonchev–Trinajstić information content (AvgIpc) is 2.77. The maximum atomic E-state index is 13.6. The van der Waals surface area contributed by atoms with Gasteiger partial charge in [-0.3, -0.25) is 0 Å². The van der Waals surface area contributed by atoms with Crippen LogP contribution in [0.3, 0.4) is 0 Å². The van der Waals surface area contributed by atoms with Crippen molar-refractivity contribution in [2.75, 3.05) is 13.2 Å². The van der Waals surface area contributed by atoms with Gasteiger partial charge in [0.15, 0.2) is 0 Å². The van der Waals surface area contributed by atoms with Gasteiger partial charge < -0.3 is 10.1 Å². The van der Waals surface area contributed by atoms with E-state index in [1.54, 1.807) is 12.1 Å². The molecule has 1 saturated heterocycles. The second-order valence-electron chi connectivity index (χ2n) is 6.14. The summed E-state index contributed by atoms with van der Waals surface area (Å²) in [5.74, 6) is 0.176. The van der Waals surface area contributed by atoms with Crippen molar-refractivity contribution in [3.63, 3.8) is 0 Å². The molecule has 1 aliphatic heterocycles. The molecule has 0 amide bonds. The van der Waals surface area contributed by atoms with Gasteiger partial charge in [0, 0.05) is 24.6 Å². The van der Waals surface area contributed by atoms with E-state index in [-0.39, 0.29) is 17.5 Å². The lowest BCUT2D eigenvalue weighted by molar-refractivity contribution is 0.0887. The Morgan fingerprint density at radius 1 is 1.42 bits per heavy atom. The third-order valence-electron chi connectivity index (χ3n) is 3.38. The molecule has 1 aromatic carbocycles. The van der Waals surface area contributed by atoms with Gasteiger partial charge in [-0.2, -0.15) is 0 Å². The van der Waals surface area contributed by atoms with Crippen LogP contribution in [0.15, 0.2) is 22.7 Å². The monoisotopic (exact) mass is 329 g/mol. The molecule has 0 bridgehead atoms. The molecule has 1 fully saturated rings. The Labute approximate surface area is 122 Å². The van der Waals surface area contributed by atoms with E-state index >= 15 is 0 Å². The van der Waals surface area contributed by atoms with Gasteiger partial charge in [0.1, 0.15) is 5.82 Å². The number of benzene rings is 1. The molecule has 1 heterocycles. The van der Waals surface area contributed by atoms with E-state index in [1.165, 1.54) is 0 Å². The molecule has 106 valence electrons. The lowest BCUT2D eigenvalue weighted by Crippen LogP contribution is -2.39. The summed E-state index contributed by atoms with van der Waals surface area (Å²) < 4.78 is 19.9. The number of nitrogens with one attached hydrogen (secondary N) is 1. The normalized spacial score (nSPS) is 23.8. The summed E-state index contributed by atoms with van der Waals surface area (Å²) in [7, 11) is 0. The molecule has 2 nitrogen and oxygen atoms in total. The van der Waals surface area contributed by atoms with Crippen LogP contribution in [0.25, 0.3) is 0 Å². The molecular formula is C15H21BrFNO. The lowest BCUT2D eigenvalue weighted by Gasteiger charge is -2.26.